The Bertz CT molecular complexity index is 127. The van der Waals surface area contributed by atoms with Gasteiger partial charge in [0, 0.05) is 6.04 Å². The summed E-state index contributed by atoms with van der Waals surface area (Å²) in [5.74, 6) is 0. The Morgan fingerprint density at radius 3 is 2.46 bits per heavy atom. The number of halogens is 1. The monoisotopic (exact) mass is 207 g/mol. The van der Waals surface area contributed by atoms with Crippen LogP contribution in [-0.4, -0.2) is 24.8 Å². The maximum Gasteiger partial charge on any atom is 0.0626 e. The Hall–Kier alpha value is 0.210. The molecule has 1 aliphatic heterocycles. The van der Waals surface area contributed by atoms with Crippen LogP contribution in [-0.2, 0) is 4.74 Å². The van der Waals surface area contributed by atoms with Crippen LogP contribution in [0.25, 0.3) is 0 Å². The predicted octanol–water partition coefficient (Wildman–Crippen LogP) is 2.37. The molecular weight excluding hydrogens is 186 g/mol. The van der Waals surface area contributed by atoms with Crippen LogP contribution < -0.4 is 5.32 Å². The smallest absolute Gasteiger partial charge is 0.0626 e. The lowest BCUT2D eigenvalue weighted by Crippen LogP contribution is -2.39. The van der Waals surface area contributed by atoms with Crippen LogP contribution in [0.4, 0.5) is 0 Å². The van der Waals surface area contributed by atoms with Crippen molar-refractivity contribution in [3.8, 4) is 0 Å². The molecule has 1 rings (SSSR count). The van der Waals surface area contributed by atoms with Crippen molar-refractivity contribution < 1.29 is 4.74 Å². The highest BCUT2D eigenvalue weighted by Gasteiger charge is 2.16. The SMILES string of the molecule is CC(C)(C)OCC1CCCCN1.Cl. The van der Waals surface area contributed by atoms with E-state index in [9.17, 15) is 0 Å². The Morgan fingerprint density at radius 1 is 1.31 bits per heavy atom. The minimum atomic E-state index is 0. The van der Waals surface area contributed by atoms with Gasteiger partial charge in [0.2, 0.25) is 0 Å². The summed E-state index contributed by atoms with van der Waals surface area (Å²) in [4.78, 5) is 0. The minimum absolute atomic E-state index is 0. The highest BCUT2D eigenvalue weighted by molar-refractivity contribution is 5.85. The number of hydrogen-bond donors (Lipinski definition) is 1. The molecule has 0 aromatic carbocycles. The van der Waals surface area contributed by atoms with Gasteiger partial charge in [0.25, 0.3) is 0 Å². The fraction of sp³-hybridized carbons (Fsp3) is 1.00. The Kier molecular flexibility index (Phi) is 5.93. The molecule has 0 radical (unpaired) electrons. The van der Waals surface area contributed by atoms with Crippen LogP contribution in [0.3, 0.4) is 0 Å². The molecule has 0 aliphatic carbocycles. The maximum absolute atomic E-state index is 5.71. The third kappa shape index (κ3) is 6.30. The first kappa shape index (κ1) is 13.2. The number of piperidine rings is 1. The van der Waals surface area contributed by atoms with Gasteiger partial charge in [-0.25, -0.2) is 0 Å². The lowest BCUT2D eigenvalue weighted by atomic mass is 10.1. The summed E-state index contributed by atoms with van der Waals surface area (Å²) in [7, 11) is 0. The third-order valence-corrected chi connectivity index (χ3v) is 2.13. The van der Waals surface area contributed by atoms with Crippen molar-refractivity contribution in [3.63, 3.8) is 0 Å². The van der Waals surface area contributed by atoms with Crippen molar-refractivity contribution in [2.75, 3.05) is 13.2 Å². The Balaban J connectivity index is 0.00000144. The fourth-order valence-electron chi connectivity index (χ4n) is 1.42. The van der Waals surface area contributed by atoms with E-state index in [0.29, 0.717) is 6.04 Å². The zero-order valence-electron chi connectivity index (χ0n) is 8.93. The van der Waals surface area contributed by atoms with Gasteiger partial charge in [-0.2, -0.15) is 0 Å². The summed E-state index contributed by atoms with van der Waals surface area (Å²) in [6, 6.07) is 0.595. The number of rotatable bonds is 2. The molecule has 1 fully saturated rings. The maximum atomic E-state index is 5.71. The van der Waals surface area contributed by atoms with Crippen molar-refractivity contribution in [1.29, 1.82) is 0 Å². The number of ether oxygens (including phenoxy) is 1. The van der Waals surface area contributed by atoms with E-state index in [0.717, 1.165) is 13.2 Å². The van der Waals surface area contributed by atoms with Crippen molar-refractivity contribution >= 4 is 12.4 Å². The summed E-state index contributed by atoms with van der Waals surface area (Å²) < 4.78 is 5.71. The molecule has 1 aliphatic rings. The van der Waals surface area contributed by atoms with Gasteiger partial charge in [-0.3, -0.25) is 0 Å². The molecule has 0 amide bonds. The molecule has 13 heavy (non-hydrogen) atoms. The lowest BCUT2D eigenvalue weighted by molar-refractivity contribution is -0.0174. The van der Waals surface area contributed by atoms with E-state index < -0.39 is 0 Å². The van der Waals surface area contributed by atoms with E-state index in [1.165, 1.54) is 19.3 Å². The van der Waals surface area contributed by atoms with Gasteiger partial charge in [-0.1, -0.05) is 6.42 Å². The summed E-state index contributed by atoms with van der Waals surface area (Å²) in [6.45, 7) is 8.35. The van der Waals surface area contributed by atoms with Crippen LogP contribution in [0.5, 0.6) is 0 Å². The molecule has 1 saturated heterocycles. The van der Waals surface area contributed by atoms with E-state index >= 15 is 0 Å². The minimum Gasteiger partial charge on any atom is -0.374 e. The molecule has 3 heteroatoms. The van der Waals surface area contributed by atoms with Gasteiger partial charge in [0.1, 0.15) is 0 Å². The Labute approximate surface area is 87.8 Å². The van der Waals surface area contributed by atoms with Gasteiger partial charge in [0.15, 0.2) is 0 Å². The highest BCUT2D eigenvalue weighted by atomic mass is 35.5. The first-order valence-corrected chi connectivity index (χ1v) is 4.95. The molecule has 0 spiro atoms. The molecule has 0 bridgehead atoms. The zero-order chi connectivity index (χ0) is 9.03. The second-order valence-corrected chi connectivity index (χ2v) is 4.57. The predicted molar refractivity (Wildman–Crippen MR) is 58.6 cm³/mol. The van der Waals surface area contributed by atoms with Crippen LogP contribution in [0.2, 0.25) is 0 Å². The van der Waals surface area contributed by atoms with Crippen LogP contribution in [0, 0.1) is 0 Å². The second kappa shape index (κ2) is 5.84. The topological polar surface area (TPSA) is 21.3 Å². The van der Waals surface area contributed by atoms with Gasteiger partial charge in [-0.15, -0.1) is 12.4 Å². The van der Waals surface area contributed by atoms with Crippen LogP contribution in [0.15, 0.2) is 0 Å². The normalized spacial score (nSPS) is 23.8. The third-order valence-electron chi connectivity index (χ3n) is 2.13. The highest BCUT2D eigenvalue weighted by Crippen LogP contribution is 2.12. The molecule has 2 nitrogen and oxygen atoms in total. The second-order valence-electron chi connectivity index (χ2n) is 4.57. The molecule has 0 aromatic rings. The van der Waals surface area contributed by atoms with Crippen molar-refractivity contribution in [3.05, 3.63) is 0 Å². The first-order valence-electron chi connectivity index (χ1n) is 4.95. The summed E-state index contributed by atoms with van der Waals surface area (Å²) in [6.07, 6.45) is 3.95. The molecule has 1 heterocycles. The Morgan fingerprint density at radius 2 is 2.00 bits per heavy atom. The van der Waals surface area contributed by atoms with Gasteiger partial charge < -0.3 is 10.1 Å². The van der Waals surface area contributed by atoms with Crippen LogP contribution in [0.1, 0.15) is 40.0 Å². The van der Waals surface area contributed by atoms with Crippen molar-refractivity contribution in [2.45, 2.75) is 51.7 Å². The van der Waals surface area contributed by atoms with Crippen LogP contribution >= 0.6 is 12.4 Å². The summed E-state index contributed by atoms with van der Waals surface area (Å²) in [5, 5.41) is 3.47. The van der Waals surface area contributed by atoms with E-state index in [1.807, 2.05) is 0 Å². The summed E-state index contributed by atoms with van der Waals surface area (Å²) >= 11 is 0. The molecule has 1 unspecified atom stereocenters. The number of hydrogen-bond acceptors (Lipinski definition) is 2. The standard InChI is InChI=1S/C10H21NO.ClH/c1-10(2,3)12-8-9-6-4-5-7-11-9;/h9,11H,4-8H2,1-3H3;1H. The molecule has 0 saturated carbocycles. The number of nitrogens with one attached hydrogen (secondary N) is 1. The molecule has 1 N–H and O–H groups in total. The molecule has 0 aromatic heterocycles. The fourth-order valence-corrected chi connectivity index (χ4v) is 1.42. The van der Waals surface area contributed by atoms with E-state index in [4.69, 9.17) is 4.74 Å². The molecule has 1 atom stereocenters. The molecular formula is C10H22ClNO. The van der Waals surface area contributed by atoms with Gasteiger partial charge in [-0.05, 0) is 40.2 Å². The lowest BCUT2D eigenvalue weighted by Gasteiger charge is -2.27. The molecule has 80 valence electrons. The van der Waals surface area contributed by atoms with Gasteiger partial charge in [0.05, 0.1) is 12.2 Å². The van der Waals surface area contributed by atoms with E-state index in [-0.39, 0.29) is 18.0 Å². The van der Waals surface area contributed by atoms with Crippen molar-refractivity contribution in [2.24, 2.45) is 0 Å². The summed E-state index contributed by atoms with van der Waals surface area (Å²) in [5.41, 5.74) is 0.0130. The van der Waals surface area contributed by atoms with E-state index in [1.54, 1.807) is 0 Å². The zero-order valence-corrected chi connectivity index (χ0v) is 9.75. The van der Waals surface area contributed by atoms with Gasteiger partial charge >= 0.3 is 0 Å². The average Bonchev–Trinajstić information content (AvgIpc) is 2.02. The average molecular weight is 208 g/mol. The quantitative estimate of drug-likeness (QED) is 0.751. The van der Waals surface area contributed by atoms with Crippen molar-refractivity contribution in [1.82, 2.24) is 5.32 Å². The van der Waals surface area contributed by atoms with E-state index in [2.05, 4.69) is 26.1 Å². The first-order chi connectivity index (χ1) is 5.58. The largest absolute Gasteiger partial charge is 0.374 e.